The molecule has 2 aromatic carbocycles. The molecular weight excluding hydrogens is 370 g/mol. The summed E-state index contributed by atoms with van der Waals surface area (Å²) in [6.07, 6.45) is 3.54. The third-order valence-corrected chi connectivity index (χ3v) is 6.54. The van der Waals surface area contributed by atoms with Crippen LogP contribution in [0.15, 0.2) is 48.5 Å². The Kier molecular flexibility index (Phi) is 5.88. The molecule has 28 heavy (non-hydrogen) atoms. The van der Waals surface area contributed by atoms with E-state index in [9.17, 15) is 4.79 Å². The molecule has 1 aliphatic heterocycles. The fraction of sp³-hybridized carbons (Fsp3) is 0.435. The number of anilines is 1. The van der Waals surface area contributed by atoms with Gasteiger partial charge in [-0.05, 0) is 30.5 Å². The Morgan fingerprint density at radius 1 is 1.07 bits per heavy atom. The van der Waals surface area contributed by atoms with Crippen molar-refractivity contribution in [3.8, 4) is 0 Å². The van der Waals surface area contributed by atoms with E-state index < -0.39 is 0 Å². The van der Waals surface area contributed by atoms with Gasteiger partial charge in [-0.15, -0.1) is 0 Å². The van der Waals surface area contributed by atoms with Gasteiger partial charge < -0.3 is 14.7 Å². The van der Waals surface area contributed by atoms with E-state index in [1.165, 1.54) is 22.4 Å². The number of quaternary nitrogens is 1. The van der Waals surface area contributed by atoms with Gasteiger partial charge in [0.15, 0.2) is 6.54 Å². The number of nitrogens with one attached hydrogen (secondary N) is 1. The van der Waals surface area contributed by atoms with Gasteiger partial charge in [0.2, 0.25) is 0 Å². The molecule has 1 amide bonds. The number of rotatable bonds is 4. The second-order valence-corrected chi connectivity index (χ2v) is 8.39. The number of hydrogen-bond acceptors (Lipinski definition) is 2. The first kappa shape index (κ1) is 19.3. The molecule has 2 atom stereocenters. The van der Waals surface area contributed by atoms with Gasteiger partial charge in [-0.25, -0.2) is 0 Å². The summed E-state index contributed by atoms with van der Waals surface area (Å²) < 4.78 is 0. The molecule has 5 heteroatoms. The zero-order valence-corrected chi connectivity index (χ0v) is 17.3. The summed E-state index contributed by atoms with van der Waals surface area (Å²) in [4.78, 5) is 18.5. The largest absolute Gasteiger partial charge is 0.367 e. The Morgan fingerprint density at radius 2 is 1.79 bits per heavy atom. The van der Waals surface area contributed by atoms with Gasteiger partial charge in [0.25, 0.3) is 5.91 Å². The van der Waals surface area contributed by atoms with E-state index in [2.05, 4.69) is 42.3 Å². The molecule has 1 unspecified atom stereocenters. The number of fused-ring (bicyclic) bond motifs is 1. The highest BCUT2D eigenvalue weighted by Crippen LogP contribution is 2.28. The zero-order valence-electron chi connectivity index (χ0n) is 16.5. The van der Waals surface area contributed by atoms with Crippen LogP contribution in [0.1, 0.15) is 30.0 Å². The van der Waals surface area contributed by atoms with E-state index in [0.29, 0.717) is 12.6 Å². The summed E-state index contributed by atoms with van der Waals surface area (Å²) in [6, 6.07) is 17.1. The fourth-order valence-corrected chi connectivity index (χ4v) is 4.90. The minimum Gasteiger partial charge on any atom is -0.367 e. The van der Waals surface area contributed by atoms with Crippen LogP contribution in [-0.2, 0) is 11.2 Å². The Labute approximate surface area is 172 Å². The number of carbonyl (C=O) groups is 1. The van der Waals surface area contributed by atoms with Crippen LogP contribution in [0.25, 0.3) is 0 Å². The molecule has 1 saturated heterocycles. The highest BCUT2D eigenvalue weighted by Gasteiger charge is 2.30. The van der Waals surface area contributed by atoms with Crippen LogP contribution in [0.3, 0.4) is 0 Å². The summed E-state index contributed by atoms with van der Waals surface area (Å²) in [7, 11) is 2.17. The van der Waals surface area contributed by atoms with Crippen molar-refractivity contribution in [2.45, 2.75) is 25.3 Å². The lowest BCUT2D eigenvalue weighted by atomic mass is 9.87. The number of nitrogens with zero attached hydrogens (tertiary/aromatic N) is 2. The third-order valence-electron chi connectivity index (χ3n) is 6.22. The maximum Gasteiger partial charge on any atom is 0.277 e. The van der Waals surface area contributed by atoms with Gasteiger partial charge in [-0.1, -0.05) is 48.0 Å². The van der Waals surface area contributed by atoms with Gasteiger partial charge >= 0.3 is 0 Å². The maximum atomic E-state index is 12.9. The van der Waals surface area contributed by atoms with E-state index in [0.717, 1.165) is 49.7 Å². The number of amides is 1. The van der Waals surface area contributed by atoms with Gasteiger partial charge in [0, 0.05) is 38.2 Å². The number of benzene rings is 2. The molecule has 0 bridgehead atoms. The van der Waals surface area contributed by atoms with Crippen molar-refractivity contribution in [1.29, 1.82) is 0 Å². The van der Waals surface area contributed by atoms with Crippen molar-refractivity contribution in [3.05, 3.63) is 64.7 Å². The predicted octanol–water partition coefficient (Wildman–Crippen LogP) is 2.58. The first-order valence-corrected chi connectivity index (χ1v) is 10.7. The number of carbonyl (C=O) groups excluding carboxylic acids is 1. The molecule has 1 aliphatic carbocycles. The molecule has 1 N–H and O–H groups in total. The number of aryl methyl sites for hydroxylation is 1. The predicted molar refractivity (Wildman–Crippen MR) is 114 cm³/mol. The lowest BCUT2D eigenvalue weighted by Gasteiger charge is -2.37. The standard InChI is InChI=1S/C23H28ClN3O/c1-25(21-12-6-8-18-7-2-3-9-19(18)21)17-23(28)27-15-13-26(14-16-27)22-11-5-4-10-20(22)24/h2-5,7,9-11,21H,6,8,12-17H2,1H3/p+1/t21-/m0/s1. The lowest BCUT2D eigenvalue weighted by Crippen LogP contribution is -3.10. The summed E-state index contributed by atoms with van der Waals surface area (Å²) >= 11 is 6.33. The summed E-state index contributed by atoms with van der Waals surface area (Å²) in [5, 5.41) is 0.780. The minimum absolute atomic E-state index is 0.263. The van der Waals surface area contributed by atoms with Crippen LogP contribution in [-0.4, -0.2) is 50.6 Å². The zero-order chi connectivity index (χ0) is 19.5. The fourth-order valence-electron chi connectivity index (χ4n) is 4.64. The molecule has 0 aromatic heterocycles. The lowest BCUT2D eigenvalue weighted by molar-refractivity contribution is -0.905. The number of likely N-dealkylation sites (N-methyl/N-ethyl adjacent to an activating group) is 1. The van der Waals surface area contributed by atoms with Crippen molar-refractivity contribution < 1.29 is 9.69 Å². The molecule has 0 saturated carbocycles. The number of piperazine rings is 1. The topological polar surface area (TPSA) is 28.0 Å². The normalized spacial score (nSPS) is 20.6. The monoisotopic (exact) mass is 398 g/mol. The molecule has 1 fully saturated rings. The Bertz CT molecular complexity index is 832. The average molecular weight is 399 g/mol. The van der Waals surface area contributed by atoms with Crippen molar-refractivity contribution >= 4 is 23.2 Å². The first-order valence-electron chi connectivity index (χ1n) is 10.3. The van der Waals surface area contributed by atoms with Crippen LogP contribution < -0.4 is 9.80 Å². The molecule has 148 valence electrons. The van der Waals surface area contributed by atoms with Crippen LogP contribution in [0.4, 0.5) is 5.69 Å². The van der Waals surface area contributed by atoms with Gasteiger partial charge in [-0.2, -0.15) is 0 Å². The molecule has 0 spiro atoms. The second-order valence-electron chi connectivity index (χ2n) is 7.99. The number of halogens is 1. The average Bonchev–Trinajstić information content (AvgIpc) is 2.73. The first-order chi connectivity index (χ1) is 13.6. The van der Waals surface area contributed by atoms with E-state index in [1.807, 2.05) is 23.1 Å². The highest BCUT2D eigenvalue weighted by molar-refractivity contribution is 6.33. The van der Waals surface area contributed by atoms with Crippen LogP contribution >= 0.6 is 11.6 Å². The van der Waals surface area contributed by atoms with E-state index >= 15 is 0 Å². The van der Waals surface area contributed by atoms with Crippen molar-refractivity contribution in [1.82, 2.24) is 4.90 Å². The van der Waals surface area contributed by atoms with E-state index in [-0.39, 0.29) is 5.91 Å². The van der Waals surface area contributed by atoms with Gasteiger partial charge in [-0.3, -0.25) is 4.79 Å². The summed E-state index contributed by atoms with van der Waals surface area (Å²) in [6.45, 7) is 3.75. The highest BCUT2D eigenvalue weighted by atomic mass is 35.5. The summed E-state index contributed by atoms with van der Waals surface area (Å²) in [5.41, 5.74) is 3.96. The Morgan fingerprint density at radius 3 is 2.57 bits per heavy atom. The van der Waals surface area contributed by atoms with E-state index in [1.54, 1.807) is 0 Å². The van der Waals surface area contributed by atoms with Crippen LogP contribution in [0.2, 0.25) is 5.02 Å². The Hall–Kier alpha value is -2.04. The van der Waals surface area contributed by atoms with E-state index in [4.69, 9.17) is 11.6 Å². The van der Waals surface area contributed by atoms with Crippen LogP contribution in [0, 0.1) is 0 Å². The second kappa shape index (κ2) is 8.54. The van der Waals surface area contributed by atoms with Gasteiger partial charge in [0.05, 0.1) is 17.8 Å². The molecule has 4 nitrogen and oxygen atoms in total. The summed E-state index contributed by atoms with van der Waals surface area (Å²) in [5.74, 6) is 0.263. The molecule has 0 radical (unpaired) electrons. The van der Waals surface area contributed by atoms with Crippen molar-refractivity contribution in [3.63, 3.8) is 0 Å². The van der Waals surface area contributed by atoms with Crippen molar-refractivity contribution in [2.24, 2.45) is 0 Å². The molecule has 1 heterocycles. The molecule has 2 aromatic rings. The number of hydrogen-bond donors (Lipinski definition) is 1. The maximum absolute atomic E-state index is 12.9. The van der Waals surface area contributed by atoms with Crippen LogP contribution in [0.5, 0.6) is 0 Å². The smallest absolute Gasteiger partial charge is 0.277 e. The molecule has 4 rings (SSSR count). The van der Waals surface area contributed by atoms with Gasteiger partial charge in [0.1, 0.15) is 6.04 Å². The molecule has 2 aliphatic rings. The van der Waals surface area contributed by atoms with Crippen molar-refractivity contribution in [2.75, 3.05) is 44.7 Å². The Balaban J connectivity index is 1.34. The quantitative estimate of drug-likeness (QED) is 0.857. The third kappa shape index (κ3) is 4.03. The minimum atomic E-state index is 0.263. The SMILES string of the molecule is C[NH+](CC(=O)N1CCN(c2ccccc2Cl)CC1)[C@H]1CCCc2ccccc21. The molecular formula is C23H29ClN3O+. The number of para-hydroxylation sites is 1.